The van der Waals surface area contributed by atoms with E-state index in [4.69, 9.17) is 39.8 Å². The summed E-state index contributed by atoms with van der Waals surface area (Å²) < 4.78 is 68.2. The van der Waals surface area contributed by atoms with Crippen molar-refractivity contribution in [2.45, 2.75) is 0 Å². The van der Waals surface area contributed by atoms with Crippen molar-refractivity contribution in [2.24, 2.45) is 11.5 Å². The van der Waals surface area contributed by atoms with Gasteiger partial charge in [-0.3, -0.25) is 16.8 Å². The Balaban J connectivity index is -0.0000000183. The van der Waals surface area contributed by atoms with Gasteiger partial charge in [-0.05, 0) is 0 Å². The molecule has 15 nitrogen and oxygen atoms in total. The van der Waals surface area contributed by atoms with Gasteiger partial charge in [0.2, 0.25) is 0 Å². The third-order valence-corrected chi connectivity index (χ3v) is 0. The van der Waals surface area contributed by atoms with E-state index < -0.39 is 26.8 Å². The van der Waals surface area contributed by atoms with Crippen molar-refractivity contribution < 1.29 is 39.8 Å². The summed E-state index contributed by atoms with van der Waals surface area (Å²) in [4.78, 5) is 9.00. The molecule has 0 aromatic carbocycles. The van der Waals surface area contributed by atoms with E-state index in [1.165, 1.54) is 0 Å². The van der Waals surface area contributed by atoms with E-state index in [1.807, 2.05) is 0 Å². The molecule has 0 aliphatic rings. The van der Waals surface area contributed by atoms with Crippen LogP contribution in [0.3, 0.4) is 0 Å². The van der Waals surface area contributed by atoms with Crippen LogP contribution in [-0.4, -0.2) is 41.1 Å². The summed E-state index contributed by atoms with van der Waals surface area (Å²) in [5.41, 5.74) is 8.50. The third-order valence-electron chi connectivity index (χ3n) is 0. The SMILES string of the molecule is NC(N)=O.O=S(=O)([O-])[O-].O=S(=O)([O-])[O-].[NH4+].[NH4+].[NH4+].[NH4+]. The molecule has 0 saturated heterocycles. The smallest absolute Gasteiger partial charge is 0.309 e. The number of quaternary nitrogens is 4. The van der Waals surface area contributed by atoms with E-state index >= 15 is 0 Å². The highest BCUT2D eigenvalue weighted by molar-refractivity contribution is 7.79. The minimum atomic E-state index is -5.17. The van der Waals surface area contributed by atoms with Crippen molar-refractivity contribution >= 4 is 26.8 Å². The molecule has 0 bridgehead atoms. The van der Waals surface area contributed by atoms with Crippen LogP contribution < -0.4 is 36.1 Å². The Morgan fingerprint density at radius 3 is 0.667 bits per heavy atom. The van der Waals surface area contributed by atoms with Gasteiger partial charge in [0, 0.05) is 20.8 Å². The molecule has 0 radical (unpaired) electrons. The molecular weight excluding hydrogens is 304 g/mol. The van der Waals surface area contributed by atoms with Gasteiger partial charge in [0.25, 0.3) is 0 Å². The van der Waals surface area contributed by atoms with Crippen LogP contribution in [-0.2, 0) is 20.8 Å². The Morgan fingerprint density at radius 2 is 0.667 bits per heavy atom. The standard InChI is InChI=1S/CH4N2O.4H3N.2H2O4S/c2-1(3)4;;;;;2*1-5(2,3)4/h(H4,2,3,4);4*1H3;2*(H2,1,2,3,4). The number of primary amides is 2. The molecule has 0 aliphatic heterocycles. The summed E-state index contributed by atoms with van der Waals surface area (Å²) in [6.45, 7) is 0. The van der Waals surface area contributed by atoms with E-state index in [0.717, 1.165) is 0 Å². The average Bonchev–Trinajstić information content (AvgIpc) is 1.45. The molecule has 0 aromatic heterocycles. The largest absolute Gasteiger partial charge is 0.759 e. The van der Waals surface area contributed by atoms with E-state index in [2.05, 4.69) is 11.5 Å². The Labute approximate surface area is 103 Å². The zero-order valence-electron chi connectivity index (χ0n) is 10.1. The highest BCUT2D eigenvalue weighted by atomic mass is 32.3. The number of rotatable bonds is 0. The lowest BCUT2D eigenvalue weighted by atomic mass is 11.2. The topological polar surface area (TPSA) is 376 Å². The van der Waals surface area contributed by atoms with Crippen LogP contribution in [0.15, 0.2) is 0 Å². The van der Waals surface area contributed by atoms with Crippen LogP contribution in [0.4, 0.5) is 4.79 Å². The fourth-order valence-electron chi connectivity index (χ4n) is 0. The lowest BCUT2D eigenvalue weighted by Crippen LogP contribution is -2.18. The number of hydrogen-bond acceptors (Lipinski definition) is 9. The van der Waals surface area contributed by atoms with Gasteiger partial charge in [-0.1, -0.05) is 0 Å². The van der Waals surface area contributed by atoms with Crippen molar-refractivity contribution in [3.63, 3.8) is 0 Å². The number of urea groups is 1. The maximum atomic E-state index is 9.00. The van der Waals surface area contributed by atoms with Crippen molar-refractivity contribution in [2.75, 3.05) is 0 Å². The molecule has 120 valence electrons. The molecule has 0 spiro atoms. The molecule has 18 heavy (non-hydrogen) atoms. The number of carbonyl (C=O) groups is 1. The quantitative estimate of drug-likeness (QED) is 0.208. The van der Waals surface area contributed by atoms with Gasteiger partial charge in [-0.15, -0.1) is 0 Å². The number of nitrogens with two attached hydrogens (primary N) is 2. The second-order valence-electron chi connectivity index (χ2n) is 1.22. The lowest BCUT2D eigenvalue weighted by Gasteiger charge is -2.06. The normalized spacial score (nSPS) is 7.78. The third kappa shape index (κ3) is 2150. The molecule has 0 aromatic rings. The van der Waals surface area contributed by atoms with Gasteiger partial charge < -0.3 is 54.3 Å². The van der Waals surface area contributed by atoms with Crippen LogP contribution in [0.2, 0.25) is 0 Å². The summed E-state index contributed by atoms with van der Waals surface area (Å²) in [7, 11) is -10.3. The first-order chi connectivity index (χ1) is 5.73. The zero-order chi connectivity index (χ0) is 12.6. The predicted molar refractivity (Wildman–Crippen MR) is 58.7 cm³/mol. The van der Waals surface area contributed by atoms with Crippen molar-refractivity contribution in [3.05, 3.63) is 0 Å². The molecule has 0 atom stereocenters. The van der Waals surface area contributed by atoms with Crippen LogP contribution in [0, 0.1) is 0 Å². The fraction of sp³-hybridized carbons (Fsp3) is 0. The average molecular weight is 324 g/mol. The van der Waals surface area contributed by atoms with Crippen molar-refractivity contribution in [3.8, 4) is 0 Å². The van der Waals surface area contributed by atoms with Gasteiger partial charge in [-0.2, -0.15) is 0 Å². The number of carbonyl (C=O) groups excluding carboxylic acids is 1. The first kappa shape index (κ1) is 43.6. The number of amides is 2. The van der Waals surface area contributed by atoms with Crippen molar-refractivity contribution in [1.82, 2.24) is 24.6 Å². The van der Waals surface area contributed by atoms with Crippen molar-refractivity contribution in [1.29, 1.82) is 0 Å². The molecule has 20 N–H and O–H groups in total. The van der Waals surface area contributed by atoms with E-state index in [0.29, 0.717) is 0 Å². The summed E-state index contributed by atoms with van der Waals surface area (Å²) in [5, 5.41) is 0. The molecular formula is CH20N6O9S2. The molecule has 2 amide bonds. The van der Waals surface area contributed by atoms with Gasteiger partial charge in [0.1, 0.15) is 0 Å². The Morgan fingerprint density at radius 1 is 0.667 bits per heavy atom. The van der Waals surface area contributed by atoms with Crippen LogP contribution in [0.25, 0.3) is 0 Å². The van der Waals surface area contributed by atoms with Gasteiger partial charge in [0.15, 0.2) is 0 Å². The molecule has 0 rings (SSSR count). The minimum absolute atomic E-state index is 0. The van der Waals surface area contributed by atoms with E-state index in [1.54, 1.807) is 0 Å². The monoisotopic (exact) mass is 324 g/mol. The Bertz CT molecular complexity index is 295. The first-order valence-electron chi connectivity index (χ1n) is 2.11. The maximum Gasteiger partial charge on any atom is 0.309 e. The molecule has 0 fully saturated rings. The van der Waals surface area contributed by atoms with Crippen LogP contribution in [0.1, 0.15) is 0 Å². The highest BCUT2D eigenvalue weighted by Crippen LogP contribution is 1.58. The number of hydrogen-bond donors (Lipinski definition) is 6. The molecule has 0 unspecified atom stereocenters. The summed E-state index contributed by atoms with van der Waals surface area (Å²) in [6, 6.07) is -0.833. The zero-order valence-corrected chi connectivity index (χ0v) is 11.8. The van der Waals surface area contributed by atoms with Crippen LogP contribution >= 0.6 is 0 Å². The molecule has 0 aliphatic carbocycles. The minimum Gasteiger partial charge on any atom is -0.759 e. The van der Waals surface area contributed by atoms with E-state index in [9.17, 15) is 0 Å². The summed E-state index contributed by atoms with van der Waals surface area (Å²) >= 11 is 0. The Hall–Kier alpha value is -1.15. The predicted octanol–water partition coefficient (Wildman–Crippen LogP) is -2.15. The van der Waals surface area contributed by atoms with Gasteiger partial charge in [-0.25, -0.2) is 4.79 Å². The highest BCUT2D eigenvalue weighted by Gasteiger charge is 1.60. The molecule has 0 heterocycles. The van der Waals surface area contributed by atoms with E-state index in [-0.39, 0.29) is 24.6 Å². The second-order valence-corrected chi connectivity index (χ2v) is 2.85. The summed E-state index contributed by atoms with van der Waals surface area (Å²) in [6.07, 6.45) is 0. The first-order valence-corrected chi connectivity index (χ1v) is 4.78. The molecule has 17 heteroatoms. The van der Waals surface area contributed by atoms with Gasteiger partial charge >= 0.3 is 6.03 Å². The fourth-order valence-corrected chi connectivity index (χ4v) is 0. The lowest BCUT2D eigenvalue weighted by molar-refractivity contribution is 0.256. The van der Waals surface area contributed by atoms with Gasteiger partial charge in [0.05, 0.1) is 0 Å². The Kier molecular flexibility index (Phi) is 44.2. The maximum absolute atomic E-state index is 9.00. The second kappa shape index (κ2) is 18.2. The van der Waals surface area contributed by atoms with Crippen LogP contribution in [0.5, 0.6) is 0 Å². The molecule has 0 saturated carbocycles. The summed E-state index contributed by atoms with van der Waals surface area (Å²) in [5.74, 6) is 0.